The Morgan fingerprint density at radius 1 is 1.29 bits per heavy atom. The molecule has 1 N–H and O–H groups in total. The molecule has 2 heterocycles. The number of aromatic carboxylic acids is 1. The first-order chi connectivity index (χ1) is 10.1. The number of carboxylic acid groups (broad SMARTS) is 1. The molecule has 0 aliphatic heterocycles. The first-order valence-electron chi connectivity index (χ1n) is 5.86. The van der Waals surface area contributed by atoms with Crippen LogP contribution in [0.15, 0.2) is 23.1 Å². The van der Waals surface area contributed by atoms with E-state index in [2.05, 4.69) is 4.98 Å². The van der Waals surface area contributed by atoms with Gasteiger partial charge in [0.1, 0.15) is 10.4 Å². The maximum atomic E-state index is 12.0. The van der Waals surface area contributed by atoms with Crippen LogP contribution < -0.4 is 15.2 Å². The maximum absolute atomic E-state index is 12.0. The third kappa shape index (κ3) is 1.91. The van der Waals surface area contributed by atoms with Crippen LogP contribution in [0.5, 0.6) is 11.5 Å². The fourth-order valence-electron chi connectivity index (χ4n) is 2.11. The monoisotopic (exact) mass is 306 g/mol. The smallest absolute Gasteiger partial charge is 0.353 e. The van der Waals surface area contributed by atoms with Crippen molar-refractivity contribution in [2.24, 2.45) is 0 Å². The van der Waals surface area contributed by atoms with Crippen molar-refractivity contribution in [3.63, 3.8) is 0 Å². The number of fused-ring (bicyclic) bond motifs is 3. The molecule has 3 aromatic rings. The Hall–Kier alpha value is -2.61. The molecule has 0 aliphatic rings. The van der Waals surface area contributed by atoms with Crippen molar-refractivity contribution >= 4 is 32.4 Å². The van der Waals surface area contributed by atoms with Crippen LogP contribution in [0.25, 0.3) is 15.0 Å². The van der Waals surface area contributed by atoms with E-state index >= 15 is 0 Å². The lowest BCUT2D eigenvalue weighted by molar-refractivity contribution is 0.0698. The molecule has 0 unspecified atom stereocenters. The second-order valence-corrected chi connectivity index (χ2v) is 5.21. The van der Waals surface area contributed by atoms with E-state index in [4.69, 9.17) is 9.47 Å². The van der Waals surface area contributed by atoms with Crippen molar-refractivity contribution in [1.29, 1.82) is 0 Å². The number of carboxylic acids is 1. The zero-order chi connectivity index (χ0) is 15.1. The second-order valence-electron chi connectivity index (χ2n) is 4.18. The van der Waals surface area contributed by atoms with Crippen LogP contribution in [0.2, 0.25) is 0 Å². The van der Waals surface area contributed by atoms with Gasteiger partial charge in [0.25, 0.3) is 0 Å². The summed E-state index contributed by atoms with van der Waals surface area (Å²) in [4.78, 5) is 27.2. The molecule has 0 radical (unpaired) electrons. The fourth-order valence-corrected chi connectivity index (χ4v) is 3.26. The molecule has 1 aromatic carbocycles. The first-order valence-corrected chi connectivity index (χ1v) is 6.68. The Morgan fingerprint density at radius 2 is 1.95 bits per heavy atom. The van der Waals surface area contributed by atoms with Crippen LogP contribution in [0.1, 0.15) is 10.4 Å². The Morgan fingerprint density at radius 3 is 2.57 bits per heavy atom. The molecule has 2 aromatic heterocycles. The third-order valence-electron chi connectivity index (χ3n) is 3.07. The summed E-state index contributed by atoms with van der Waals surface area (Å²) in [6, 6.07) is 3.34. The van der Waals surface area contributed by atoms with Gasteiger partial charge in [0, 0.05) is 12.1 Å². The van der Waals surface area contributed by atoms with Gasteiger partial charge in [0.05, 0.1) is 30.6 Å². The molecule has 108 valence electrons. The fraction of sp³-hybridized carbons (Fsp3) is 0.154. The van der Waals surface area contributed by atoms with Crippen LogP contribution in [-0.2, 0) is 0 Å². The number of methoxy groups -OCH3 is 2. The summed E-state index contributed by atoms with van der Waals surface area (Å²) in [6.45, 7) is 0. The quantitative estimate of drug-likeness (QED) is 0.791. The first kappa shape index (κ1) is 13.4. The van der Waals surface area contributed by atoms with E-state index in [1.54, 1.807) is 12.1 Å². The minimum absolute atomic E-state index is 0.0197. The minimum atomic E-state index is -1.13. The van der Waals surface area contributed by atoms with Gasteiger partial charge in [-0.15, -0.1) is 11.3 Å². The Labute approximate surface area is 122 Å². The van der Waals surface area contributed by atoms with Crippen LogP contribution in [-0.4, -0.2) is 34.7 Å². The predicted octanol–water partition coefficient (Wildman–Crippen LogP) is 1.62. The normalized spacial score (nSPS) is 11.0. The van der Waals surface area contributed by atoms with Crippen molar-refractivity contribution in [3.8, 4) is 11.5 Å². The van der Waals surface area contributed by atoms with Crippen LogP contribution in [0.3, 0.4) is 0 Å². The van der Waals surface area contributed by atoms with Gasteiger partial charge >= 0.3 is 11.7 Å². The molecule has 8 heteroatoms. The highest BCUT2D eigenvalue weighted by atomic mass is 32.1. The van der Waals surface area contributed by atoms with E-state index in [0.717, 1.165) is 6.20 Å². The molecule has 0 saturated heterocycles. The second kappa shape index (κ2) is 4.74. The molecule has 3 rings (SSSR count). The van der Waals surface area contributed by atoms with Crippen LogP contribution >= 0.6 is 11.3 Å². The van der Waals surface area contributed by atoms with Gasteiger partial charge in [-0.3, -0.25) is 0 Å². The number of thiazole rings is 1. The molecule has 0 bridgehead atoms. The standard InChI is InChI=1S/C13H10N2O5S/c1-19-8-3-7-10(4-9(8)20-2)21-11-6(12(16)17)5-14-13(18)15(7)11/h3-5H,1-2H3,(H,16,17). The Balaban J connectivity index is 2.51. The SMILES string of the molecule is COc1cc2sc3c(C(=O)O)cnc(=O)n3c2cc1OC. The average molecular weight is 306 g/mol. The summed E-state index contributed by atoms with van der Waals surface area (Å²) in [5.41, 5.74) is -0.0181. The molecular formula is C13H10N2O5S. The maximum Gasteiger partial charge on any atom is 0.353 e. The lowest BCUT2D eigenvalue weighted by Gasteiger charge is -2.06. The van der Waals surface area contributed by atoms with E-state index < -0.39 is 11.7 Å². The molecule has 0 atom stereocenters. The van der Waals surface area contributed by atoms with Gasteiger partial charge < -0.3 is 14.6 Å². The summed E-state index contributed by atoms with van der Waals surface area (Å²) in [7, 11) is 3.00. The number of rotatable bonds is 3. The minimum Gasteiger partial charge on any atom is -0.493 e. The number of nitrogens with zero attached hydrogens (tertiary/aromatic N) is 2. The van der Waals surface area contributed by atoms with Crippen molar-refractivity contribution < 1.29 is 19.4 Å². The lowest BCUT2D eigenvalue weighted by atomic mass is 10.3. The van der Waals surface area contributed by atoms with Gasteiger partial charge in [-0.2, -0.15) is 0 Å². The van der Waals surface area contributed by atoms with Crippen molar-refractivity contribution in [3.05, 3.63) is 34.4 Å². The van der Waals surface area contributed by atoms with Crippen molar-refractivity contribution in [2.75, 3.05) is 14.2 Å². The predicted molar refractivity (Wildman–Crippen MR) is 76.9 cm³/mol. The van der Waals surface area contributed by atoms with E-state index in [1.165, 1.54) is 30.0 Å². The molecular weight excluding hydrogens is 296 g/mol. The summed E-state index contributed by atoms with van der Waals surface area (Å²) < 4.78 is 12.4. The molecule has 0 aliphatic carbocycles. The molecule has 7 nitrogen and oxygen atoms in total. The number of benzene rings is 1. The van der Waals surface area contributed by atoms with E-state index in [0.29, 0.717) is 26.5 Å². The number of hydrogen-bond donors (Lipinski definition) is 1. The number of ether oxygens (including phenoxy) is 2. The molecule has 0 fully saturated rings. The molecule has 0 amide bonds. The van der Waals surface area contributed by atoms with Crippen LogP contribution in [0, 0.1) is 0 Å². The molecule has 0 saturated carbocycles. The highest BCUT2D eigenvalue weighted by Crippen LogP contribution is 2.36. The van der Waals surface area contributed by atoms with Crippen LogP contribution in [0.4, 0.5) is 0 Å². The number of carbonyl (C=O) groups is 1. The number of aromatic nitrogens is 2. The van der Waals surface area contributed by atoms with Gasteiger partial charge in [0.15, 0.2) is 11.5 Å². The Kier molecular flexibility index (Phi) is 3.02. The highest BCUT2D eigenvalue weighted by molar-refractivity contribution is 7.24. The summed E-state index contributed by atoms with van der Waals surface area (Å²) in [6.07, 6.45) is 1.07. The summed E-state index contributed by atoms with van der Waals surface area (Å²) >= 11 is 1.19. The summed E-state index contributed by atoms with van der Waals surface area (Å²) in [5.74, 6) is -0.169. The summed E-state index contributed by atoms with van der Waals surface area (Å²) in [5, 5.41) is 9.20. The number of hydrogen-bond acceptors (Lipinski definition) is 6. The van der Waals surface area contributed by atoms with Gasteiger partial charge in [-0.1, -0.05) is 0 Å². The molecule has 0 spiro atoms. The van der Waals surface area contributed by atoms with Crippen molar-refractivity contribution in [1.82, 2.24) is 9.38 Å². The topological polar surface area (TPSA) is 90.1 Å². The van der Waals surface area contributed by atoms with Gasteiger partial charge in [-0.05, 0) is 0 Å². The zero-order valence-corrected chi connectivity index (χ0v) is 11.9. The van der Waals surface area contributed by atoms with E-state index in [9.17, 15) is 14.7 Å². The van der Waals surface area contributed by atoms with Crippen molar-refractivity contribution in [2.45, 2.75) is 0 Å². The van der Waals surface area contributed by atoms with Gasteiger partial charge in [0.2, 0.25) is 0 Å². The molecule has 21 heavy (non-hydrogen) atoms. The highest BCUT2D eigenvalue weighted by Gasteiger charge is 2.18. The average Bonchev–Trinajstić information content (AvgIpc) is 2.84. The lowest BCUT2D eigenvalue weighted by Crippen LogP contribution is -2.17. The van der Waals surface area contributed by atoms with E-state index in [1.807, 2.05) is 0 Å². The zero-order valence-electron chi connectivity index (χ0n) is 11.1. The third-order valence-corrected chi connectivity index (χ3v) is 4.21. The Bertz CT molecular complexity index is 928. The largest absolute Gasteiger partial charge is 0.493 e. The van der Waals surface area contributed by atoms with E-state index in [-0.39, 0.29) is 5.56 Å². The van der Waals surface area contributed by atoms with Gasteiger partial charge in [-0.25, -0.2) is 19.0 Å².